The van der Waals surface area contributed by atoms with E-state index >= 15 is 0 Å². The number of aromatic nitrogens is 3. The Bertz CT molecular complexity index is 1590. The van der Waals surface area contributed by atoms with Crippen LogP contribution < -0.4 is 24.4 Å². The van der Waals surface area contributed by atoms with E-state index in [2.05, 4.69) is 31.0 Å². The molecule has 0 saturated carbocycles. The largest absolute Gasteiger partial charge is 0.493 e. The predicted octanol–water partition coefficient (Wildman–Crippen LogP) is 4.25. The Morgan fingerprint density at radius 1 is 0.886 bits per heavy atom. The Labute approximate surface area is 259 Å². The van der Waals surface area contributed by atoms with Crippen LogP contribution in [0.1, 0.15) is 38.6 Å². The van der Waals surface area contributed by atoms with Crippen LogP contribution in [0.2, 0.25) is 0 Å². The van der Waals surface area contributed by atoms with Crippen LogP contribution in [-0.4, -0.2) is 88.4 Å². The molecule has 13 heteroatoms. The lowest BCUT2D eigenvalue weighted by molar-refractivity contribution is 0.122. The number of sulfonamides is 1. The van der Waals surface area contributed by atoms with Crippen LogP contribution in [0, 0.1) is 0 Å². The summed E-state index contributed by atoms with van der Waals surface area (Å²) >= 11 is 0. The zero-order valence-electron chi connectivity index (χ0n) is 26.1. The minimum absolute atomic E-state index is 0.0606. The fraction of sp³-hybridized carbons (Fsp3) is 0.452. The molecule has 1 fully saturated rings. The number of nitrogens with zero attached hydrogens (tertiary/aromatic N) is 5. The molecule has 44 heavy (non-hydrogen) atoms. The van der Waals surface area contributed by atoms with Gasteiger partial charge in [-0.25, -0.2) is 8.42 Å². The highest BCUT2D eigenvalue weighted by Crippen LogP contribution is 2.40. The number of hydrogen-bond donors (Lipinski definition) is 1. The fourth-order valence-corrected chi connectivity index (χ4v) is 6.48. The first-order valence-electron chi connectivity index (χ1n) is 14.5. The van der Waals surface area contributed by atoms with E-state index in [-0.39, 0.29) is 16.9 Å². The van der Waals surface area contributed by atoms with Crippen LogP contribution in [-0.2, 0) is 20.2 Å². The maximum Gasteiger partial charge on any atom is 0.243 e. The van der Waals surface area contributed by atoms with Crippen LogP contribution in [0.3, 0.4) is 0 Å². The fourth-order valence-electron chi connectivity index (χ4n) is 5.10. The summed E-state index contributed by atoms with van der Waals surface area (Å²) in [5.41, 5.74) is 2.51. The van der Waals surface area contributed by atoms with E-state index in [0.29, 0.717) is 79.9 Å². The zero-order valence-corrected chi connectivity index (χ0v) is 26.9. The van der Waals surface area contributed by atoms with Gasteiger partial charge in [0.1, 0.15) is 0 Å². The molecule has 3 heterocycles. The molecule has 1 aromatic heterocycles. The predicted molar refractivity (Wildman–Crippen MR) is 169 cm³/mol. The standard InChI is InChI=1S/C31H40N6O6S/c1-31(2,3)22-7-9-24(10-8-22)44(38,39)37-13-11-21(12-14-37)28-33-29(35-30(34-28)36-15-17-43-18-16-36)32-23-19-25(40-4)27(42-6)26(20-23)41-5/h7-11,19-20H,12-18H2,1-6H3,(H,32,33,34,35). The van der Waals surface area contributed by atoms with Crippen molar-refractivity contribution in [2.24, 2.45) is 0 Å². The molecule has 0 spiro atoms. The van der Waals surface area contributed by atoms with Crippen LogP contribution in [0.5, 0.6) is 17.2 Å². The minimum atomic E-state index is -3.66. The smallest absolute Gasteiger partial charge is 0.243 e. The molecule has 0 bridgehead atoms. The summed E-state index contributed by atoms with van der Waals surface area (Å²) in [6.45, 7) is 9.26. The first-order chi connectivity index (χ1) is 21.0. The average molecular weight is 625 g/mol. The van der Waals surface area contributed by atoms with E-state index < -0.39 is 10.0 Å². The molecule has 236 valence electrons. The van der Waals surface area contributed by atoms with Gasteiger partial charge in [-0.15, -0.1) is 0 Å². The molecular formula is C31H40N6O6S. The lowest BCUT2D eigenvalue weighted by Gasteiger charge is -2.28. The molecule has 1 saturated heterocycles. The normalized spacial score (nSPS) is 16.3. The minimum Gasteiger partial charge on any atom is -0.493 e. The number of ether oxygens (including phenoxy) is 4. The topological polar surface area (TPSA) is 128 Å². The summed E-state index contributed by atoms with van der Waals surface area (Å²) in [4.78, 5) is 16.6. The van der Waals surface area contributed by atoms with Gasteiger partial charge in [0.15, 0.2) is 17.3 Å². The van der Waals surface area contributed by atoms with Gasteiger partial charge >= 0.3 is 0 Å². The summed E-state index contributed by atoms with van der Waals surface area (Å²) in [5.74, 6) is 2.79. The Morgan fingerprint density at radius 3 is 2.09 bits per heavy atom. The maximum atomic E-state index is 13.5. The first-order valence-corrected chi connectivity index (χ1v) is 15.9. The van der Waals surface area contributed by atoms with Crippen molar-refractivity contribution in [1.82, 2.24) is 19.3 Å². The molecule has 2 aromatic carbocycles. The second-order valence-electron chi connectivity index (χ2n) is 11.5. The van der Waals surface area contributed by atoms with Gasteiger partial charge in [-0.2, -0.15) is 19.3 Å². The number of anilines is 3. The number of rotatable bonds is 9. The van der Waals surface area contributed by atoms with Gasteiger partial charge in [-0.3, -0.25) is 0 Å². The molecule has 0 aliphatic carbocycles. The van der Waals surface area contributed by atoms with Gasteiger partial charge < -0.3 is 29.2 Å². The first kappa shape index (κ1) is 31.5. The van der Waals surface area contributed by atoms with Crippen LogP contribution in [0.25, 0.3) is 5.57 Å². The third-order valence-electron chi connectivity index (χ3n) is 7.66. The molecular weight excluding hydrogens is 584 g/mol. The van der Waals surface area contributed by atoms with Gasteiger partial charge in [0.2, 0.25) is 27.7 Å². The Balaban J connectivity index is 1.43. The number of methoxy groups -OCH3 is 3. The SMILES string of the molecule is COc1cc(Nc2nc(C3=CCN(S(=O)(=O)c4ccc(C(C)(C)C)cc4)CC3)nc(N3CCOCC3)n2)cc(OC)c1OC. The molecule has 12 nitrogen and oxygen atoms in total. The van der Waals surface area contributed by atoms with E-state index in [1.807, 2.05) is 18.2 Å². The zero-order chi connectivity index (χ0) is 31.5. The number of hydrogen-bond acceptors (Lipinski definition) is 11. The molecule has 5 rings (SSSR count). The van der Waals surface area contributed by atoms with Crippen molar-refractivity contribution < 1.29 is 27.4 Å². The summed E-state index contributed by atoms with van der Waals surface area (Å²) in [5, 5.41) is 3.26. The van der Waals surface area contributed by atoms with Gasteiger partial charge in [0.25, 0.3) is 0 Å². The van der Waals surface area contributed by atoms with E-state index in [1.54, 1.807) is 45.6 Å². The van der Waals surface area contributed by atoms with Crippen LogP contribution in [0.4, 0.5) is 17.6 Å². The van der Waals surface area contributed by atoms with E-state index in [9.17, 15) is 8.42 Å². The van der Waals surface area contributed by atoms with Gasteiger partial charge in [0, 0.05) is 44.0 Å². The van der Waals surface area contributed by atoms with E-state index in [4.69, 9.17) is 33.9 Å². The second kappa shape index (κ2) is 13.0. The molecule has 1 N–H and O–H groups in total. The highest BCUT2D eigenvalue weighted by Gasteiger charge is 2.28. The summed E-state index contributed by atoms with van der Waals surface area (Å²) in [6, 6.07) is 10.7. The van der Waals surface area contributed by atoms with Crippen molar-refractivity contribution in [3.63, 3.8) is 0 Å². The van der Waals surface area contributed by atoms with E-state index in [1.165, 1.54) is 4.31 Å². The van der Waals surface area contributed by atoms with Crippen molar-refractivity contribution in [3.05, 3.63) is 53.9 Å². The summed E-state index contributed by atoms with van der Waals surface area (Å²) < 4.78 is 50.4. The van der Waals surface area contributed by atoms with Crippen molar-refractivity contribution in [3.8, 4) is 17.2 Å². The number of morpholine rings is 1. The van der Waals surface area contributed by atoms with E-state index in [0.717, 1.165) is 11.1 Å². The monoisotopic (exact) mass is 624 g/mol. The lowest BCUT2D eigenvalue weighted by Crippen LogP contribution is -2.38. The average Bonchev–Trinajstić information content (AvgIpc) is 3.04. The van der Waals surface area contributed by atoms with Gasteiger partial charge in [-0.1, -0.05) is 39.0 Å². The Morgan fingerprint density at radius 2 is 1.55 bits per heavy atom. The van der Waals surface area contributed by atoms with Crippen molar-refractivity contribution in [2.75, 3.05) is 70.9 Å². The summed E-state index contributed by atoms with van der Waals surface area (Å²) in [7, 11) is 1.00. The van der Waals surface area contributed by atoms with Crippen LogP contribution in [0.15, 0.2) is 47.4 Å². The van der Waals surface area contributed by atoms with Crippen molar-refractivity contribution in [2.45, 2.75) is 37.5 Å². The maximum absolute atomic E-state index is 13.5. The molecule has 0 amide bonds. The second-order valence-corrected chi connectivity index (χ2v) is 13.5. The lowest BCUT2D eigenvalue weighted by atomic mass is 9.87. The molecule has 0 unspecified atom stereocenters. The quantitative estimate of drug-likeness (QED) is 0.367. The molecule has 3 aromatic rings. The molecule has 0 radical (unpaired) electrons. The summed E-state index contributed by atoms with van der Waals surface area (Å²) in [6.07, 6.45) is 2.34. The van der Waals surface area contributed by atoms with Crippen molar-refractivity contribution >= 4 is 33.2 Å². The molecule has 0 atom stereocenters. The Hall–Kier alpha value is -3.94. The van der Waals surface area contributed by atoms with Crippen molar-refractivity contribution in [1.29, 1.82) is 0 Å². The van der Waals surface area contributed by atoms with Gasteiger partial charge in [-0.05, 0) is 35.1 Å². The number of nitrogens with one attached hydrogen (secondary N) is 1. The third kappa shape index (κ3) is 6.74. The highest BCUT2D eigenvalue weighted by atomic mass is 32.2. The van der Waals surface area contributed by atoms with Gasteiger partial charge in [0.05, 0.1) is 39.4 Å². The number of benzene rings is 2. The highest BCUT2D eigenvalue weighted by molar-refractivity contribution is 7.89. The Kier molecular flexibility index (Phi) is 9.28. The molecule has 2 aliphatic rings. The van der Waals surface area contributed by atoms with Crippen LogP contribution >= 0.6 is 0 Å². The third-order valence-corrected chi connectivity index (χ3v) is 9.53. The molecule has 2 aliphatic heterocycles.